The van der Waals surface area contributed by atoms with E-state index in [9.17, 15) is 18.0 Å². The number of methoxy groups -OCH3 is 1. The van der Waals surface area contributed by atoms with Crippen molar-refractivity contribution >= 4 is 50.7 Å². The zero-order chi connectivity index (χ0) is 34.0. The molecule has 0 aliphatic rings. The quantitative estimate of drug-likeness (QED) is 0.134. The van der Waals surface area contributed by atoms with Crippen LogP contribution in [0.2, 0.25) is 10.0 Å². The maximum absolute atomic E-state index is 14.6. The molecule has 248 valence electrons. The van der Waals surface area contributed by atoms with Gasteiger partial charge in [-0.2, -0.15) is 0 Å². The Labute approximate surface area is 287 Å². The van der Waals surface area contributed by atoms with E-state index in [1.54, 1.807) is 37.4 Å². The molecule has 0 radical (unpaired) electrons. The average Bonchev–Trinajstić information content (AvgIpc) is 3.07. The first-order chi connectivity index (χ1) is 22.5. The summed E-state index contributed by atoms with van der Waals surface area (Å²) in [4.78, 5) is 29.9. The third-order valence-electron chi connectivity index (χ3n) is 7.67. The summed E-state index contributed by atoms with van der Waals surface area (Å²) in [5, 5.41) is 3.35. The standard InChI is InChI=1S/C36H39Cl2N3O5S/c1-4-5-20-39-36(43)34(22-27-10-7-6-8-11-27)40(24-28-12-9-13-30(21-28)46-3)35(42)25-41(29-16-19-32(37)33(38)23-29)47(44,45)31-17-14-26(2)15-18-31/h6-19,21,23,34H,4-5,20,22,24-25H2,1-3H3,(H,39,43)/t34-/m0/s1. The van der Waals surface area contributed by atoms with Crippen molar-refractivity contribution in [2.75, 3.05) is 24.5 Å². The molecule has 8 nitrogen and oxygen atoms in total. The predicted molar refractivity (Wildman–Crippen MR) is 188 cm³/mol. The van der Waals surface area contributed by atoms with Gasteiger partial charge in [0.15, 0.2) is 0 Å². The van der Waals surface area contributed by atoms with Crippen molar-refractivity contribution in [1.82, 2.24) is 10.2 Å². The third kappa shape index (κ3) is 9.50. The van der Waals surface area contributed by atoms with E-state index in [4.69, 9.17) is 27.9 Å². The molecule has 4 rings (SSSR count). The Morgan fingerprint density at radius 3 is 2.23 bits per heavy atom. The number of carbonyl (C=O) groups excluding carboxylic acids is 2. The first kappa shape index (κ1) is 35.8. The number of rotatable bonds is 15. The fourth-order valence-electron chi connectivity index (χ4n) is 5.03. The molecule has 0 saturated carbocycles. The highest BCUT2D eigenvalue weighted by molar-refractivity contribution is 7.92. The summed E-state index contributed by atoms with van der Waals surface area (Å²) in [5.41, 5.74) is 2.59. The maximum Gasteiger partial charge on any atom is 0.264 e. The Balaban J connectivity index is 1.82. The lowest BCUT2D eigenvalue weighted by atomic mass is 10.0. The number of amides is 2. The number of carbonyl (C=O) groups is 2. The van der Waals surface area contributed by atoms with E-state index in [1.165, 1.54) is 35.2 Å². The van der Waals surface area contributed by atoms with Gasteiger partial charge in [0, 0.05) is 19.5 Å². The van der Waals surface area contributed by atoms with Crippen LogP contribution in [0.1, 0.15) is 36.5 Å². The Hall–Kier alpha value is -4.05. The fourth-order valence-corrected chi connectivity index (χ4v) is 6.73. The lowest BCUT2D eigenvalue weighted by Crippen LogP contribution is -2.53. The molecular formula is C36H39Cl2N3O5S. The molecule has 4 aromatic rings. The van der Waals surface area contributed by atoms with Gasteiger partial charge in [-0.3, -0.25) is 13.9 Å². The zero-order valence-corrected chi connectivity index (χ0v) is 29.0. The van der Waals surface area contributed by atoms with E-state index < -0.39 is 28.5 Å². The van der Waals surface area contributed by atoms with E-state index >= 15 is 0 Å². The Bertz CT molecular complexity index is 1770. The first-order valence-electron chi connectivity index (χ1n) is 15.3. The van der Waals surface area contributed by atoms with Crippen LogP contribution >= 0.6 is 23.2 Å². The molecule has 11 heteroatoms. The number of hydrogen-bond acceptors (Lipinski definition) is 5. The lowest BCUT2D eigenvalue weighted by molar-refractivity contribution is -0.140. The largest absolute Gasteiger partial charge is 0.497 e. The van der Waals surface area contributed by atoms with Crippen LogP contribution in [0.15, 0.2) is 102 Å². The van der Waals surface area contributed by atoms with Crippen molar-refractivity contribution in [3.05, 3.63) is 124 Å². The van der Waals surface area contributed by atoms with Crippen LogP contribution in [0.3, 0.4) is 0 Å². The van der Waals surface area contributed by atoms with Gasteiger partial charge in [-0.1, -0.05) is 96.7 Å². The summed E-state index contributed by atoms with van der Waals surface area (Å²) in [6.45, 7) is 3.74. The molecule has 4 aromatic carbocycles. The van der Waals surface area contributed by atoms with Gasteiger partial charge >= 0.3 is 0 Å². The van der Waals surface area contributed by atoms with Gasteiger partial charge in [0.1, 0.15) is 18.3 Å². The van der Waals surface area contributed by atoms with Gasteiger partial charge in [0.2, 0.25) is 11.8 Å². The zero-order valence-electron chi connectivity index (χ0n) is 26.7. The molecule has 0 spiro atoms. The second kappa shape index (κ2) is 16.7. The van der Waals surface area contributed by atoms with Gasteiger partial charge in [-0.15, -0.1) is 0 Å². The van der Waals surface area contributed by atoms with Gasteiger partial charge in [0.25, 0.3) is 10.0 Å². The highest BCUT2D eigenvalue weighted by Gasteiger charge is 2.34. The second-order valence-electron chi connectivity index (χ2n) is 11.1. The number of nitrogens with zero attached hydrogens (tertiary/aromatic N) is 2. The minimum Gasteiger partial charge on any atom is -0.497 e. The highest BCUT2D eigenvalue weighted by atomic mass is 35.5. The number of nitrogens with one attached hydrogen (secondary N) is 1. The highest BCUT2D eigenvalue weighted by Crippen LogP contribution is 2.31. The molecule has 1 atom stereocenters. The van der Waals surface area contributed by atoms with Crippen LogP contribution in [0, 0.1) is 6.92 Å². The van der Waals surface area contributed by atoms with Crippen LogP contribution < -0.4 is 14.4 Å². The molecule has 0 aliphatic heterocycles. The number of sulfonamides is 1. The summed E-state index contributed by atoms with van der Waals surface area (Å²) in [6, 6.07) is 26.4. The molecule has 0 fully saturated rings. The number of halogens is 2. The van der Waals surface area contributed by atoms with Crippen LogP contribution in [-0.4, -0.2) is 51.4 Å². The SMILES string of the molecule is CCCCNC(=O)[C@H](Cc1ccccc1)N(Cc1cccc(OC)c1)C(=O)CN(c1ccc(Cl)c(Cl)c1)S(=O)(=O)c1ccc(C)cc1. The minimum atomic E-state index is -4.27. The fraction of sp³-hybridized carbons (Fsp3) is 0.278. The Morgan fingerprint density at radius 1 is 0.872 bits per heavy atom. The smallest absolute Gasteiger partial charge is 0.264 e. The molecule has 1 N–H and O–H groups in total. The molecular weight excluding hydrogens is 657 g/mol. The predicted octanol–water partition coefficient (Wildman–Crippen LogP) is 7.06. The van der Waals surface area contributed by atoms with Crippen LogP contribution in [0.4, 0.5) is 5.69 Å². The van der Waals surface area contributed by atoms with Crippen molar-refractivity contribution in [2.24, 2.45) is 0 Å². The number of aryl methyl sites for hydroxylation is 1. The van der Waals surface area contributed by atoms with Crippen LogP contribution in [0.25, 0.3) is 0 Å². The summed E-state index contributed by atoms with van der Waals surface area (Å²) in [7, 11) is -2.72. The molecule has 0 saturated heterocycles. The molecule has 0 heterocycles. The summed E-state index contributed by atoms with van der Waals surface area (Å²) in [6.07, 6.45) is 1.87. The summed E-state index contributed by atoms with van der Waals surface area (Å²) >= 11 is 12.5. The lowest BCUT2D eigenvalue weighted by Gasteiger charge is -2.34. The molecule has 2 amide bonds. The second-order valence-corrected chi connectivity index (χ2v) is 13.8. The minimum absolute atomic E-state index is 0.000498. The van der Waals surface area contributed by atoms with Crippen LogP contribution in [-0.2, 0) is 32.6 Å². The van der Waals surface area contributed by atoms with Crippen molar-refractivity contribution in [3.8, 4) is 5.75 Å². The molecule has 0 bridgehead atoms. The number of anilines is 1. The average molecular weight is 697 g/mol. The molecule has 47 heavy (non-hydrogen) atoms. The van der Waals surface area contributed by atoms with E-state index in [-0.39, 0.29) is 39.5 Å². The monoisotopic (exact) mass is 695 g/mol. The normalized spacial score (nSPS) is 11.9. The van der Waals surface area contributed by atoms with Crippen molar-refractivity contribution in [3.63, 3.8) is 0 Å². The third-order valence-corrected chi connectivity index (χ3v) is 10.2. The van der Waals surface area contributed by atoms with Crippen LogP contribution in [0.5, 0.6) is 5.75 Å². The van der Waals surface area contributed by atoms with Gasteiger partial charge < -0.3 is 15.0 Å². The van der Waals surface area contributed by atoms with Gasteiger partial charge in [-0.25, -0.2) is 8.42 Å². The Kier molecular flexibility index (Phi) is 12.7. The topological polar surface area (TPSA) is 96.0 Å². The molecule has 0 aliphatic carbocycles. The van der Waals surface area contributed by atoms with E-state index in [0.717, 1.165) is 28.3 Å². The maximum atomic E-state index is 14.6. The molecule has 0 unspecified atom stereocenters. The number of ether oxygens (including phenoxy) is 1. The van der Waals surface area contributed by atoms with Crippen molar-refractivity contribution < 1.29 is 22.7 Å². The van der Waals surface area contributed by atoms with E-state index in [2.05, 4.69) is 5.32 Å². The van der Waals surface area contributed by atoms with E-state index in [1.807, 2.05) is 50.2 Å². The number of benzene rings is 4. The van der Waals surface area contributed by atoms with Crippen molar-refractivity contribution in [2.45, 2.75) is 50.6 Å². The summed E-state index contributed by atoms with van der Waals surface area (Å²) in [5.74, 6) is -0.330. The molecule has 0 aromatic heterocycles. The van der Waals surface area contributed by atoms with Gasteiger partial charge in [0.05, 0.1) is 27.7 Å². The summed E-state index contributed by atoms with van der Waals surface area (Å²) < 4.78 is 34.8. The number of unbranched alkanes of at least 4 members (excludes halogenated alkanes) is 1. The number of hydrogen-bond donors (Lipinski definition) is 1. The van der Waals surface area contributed by atoms with Gasteiger partial charge in [-0.05, 0) is 66.9 Å². The first-order valence-corrected chi connectivity index (χ1v) is 17.5. The van der Waals surface area contributed by atoms with E-state index in [0.29, 0.717) is 17.9 Å². The Morgan fingerprint density at radius 2 is 1.57 bits per heavy atom. The van der Waals surface area contributed by atoms with Crippen molar-refractivity contribution in [1.29, 1.82) is 0 Å².